The standard InChI is InChI=1S/C18H21NO3S/c1-2-22-16-8-10-17(11-9-16)23(20,21)19-14-18(12-13-18)15-6-4-3-5-7-15/h3-11,19H,2,12-14H2,1H3. The zero-order chi connectivity index (χ0) is 16.3. The van der Waals surface area contributed by atoms with E-state index in [4.69, 9.17) is 4.74 Å². The molecule has 0 spiro atoms. The van der Waals surface area contributed by atoms with E-state index in [1.54, 1.807) is 24.3 Å². The summed E-state index contributed by atoms with van der Waals surface area (Å²) in [6.07, 6.45) is 2.03. The minimum atomic E-state index is -3.50. The Morgan fingerprint density at radius 1 is 1.04 bits per heavy atom. The summed E-state index contributed by atoms with van der Waals surface area (Å²) in [6, 6.07) is 16.6. The summed E-state index contributed by atoms with van der Waals surface area (Å²) in [4.78, 5) is 0.268. The van der Waals surface area contributed by atoms with Crippen LogP contribution in [0.3, 0.4) is 0 Å². The van der Waals surface area contributed by atoms with Gasteiger partial charge in [0, 0.05) is 12.0 Å². The number of rotatable bonds is 7. The van der Waals surface area contributed by atoms with Gasteiger partial charge >= 0.3 is 0 Å². The molecule has 1 aliphatic carbocycles. The maximum Gasteiger partial charge on any atom is 0.240 e. The van der Waals surface area contributed by atoms with E-state index in [1.165, 1.54) is 5.56 Å². The Morgan fingerprint density at radius 2 is 1.70 bits per heavy atom. The molecule has 0 bridgehead atoms. The molecule has 0 amide bonds. The van der Waals surface area contributed by atoms with Crippen LogP contribution < -0.4 is 9.46 Å². The van der Waals surface area contributed by atoms with E-state index in [0.717, 1.165) is 12.8 Å². The van der Waals surface area contributed by atoms with Gasteiger partial charge in [0.25, 0.3) is 0 Å². The monoisotopic (exact) mass is 331 g/mol. The van der Waals surface area contributed by atoms with Crippen molar-refractivity contribution in [2.75, 3.05) is 13.2 Å². The van der Waals surface area contributed by atoms with Crippen molar-refractivity contribution in [2.24, 2.45) is 0 Å². The fourth-order valence-electron chi connectivity index (χ4n) is 2.71. The second-order valence-corrected chi connectivity index (χ2v) is 7.64. The van der Waals surface area contributed by atoms with Gasteiger partial charge in [-0.15, -0.1) is 0 Å². The molecule has 5 heteroatoms. The Morgan fingerprint density at radius 3 is 2.26 bits per heavy atom. The molecule has 3 rings (SSSR count). The lowest BCUT2D eigenvalue weighted by Crippen LogP contribution is -2.32. The van der Waals surface area contributed by atoms with Gasteiger partial charge in [0.05, 0.1) is 11.5 Å². The summed E-state index contributed by atoms with van der Waals surface area (Å²) in [5.41, 5.74) is 1.16. The average molecular weight is 331 g/mol. The van der Waals surface area contributed by atoms with Crippen LogP contribution in [0.4, 0.5) is 0 Å². The van der Waals surface area contributed by atoms with E-state index < -0.39 is 10.0 Å². The van der Waals surface area contributed by atoms with Crippen LogP contribution >= 0.6 is 0 Å². The first kappa shape index (κ1) is 16.0. The molecule has 2 aromatic rings. The van der Waals surface area contributed by atoms with E-state index in [2.05, 4.69) is 16.9 Å². The van der Waals surface area contributed by atoms with Gasteiger partial charge in [-0.05, 0) is 49.6 Å². The quantitative estimate of drug-likeness (QED) is 0.848. The summed E-state index contributed by atoms with van der Waals surface area (Å²) < 4.78 is 33.0. The van der Waals surface area contributed by atoms with Gasteiger partial charge in [0.2, 0.25) is 10.0 Å². The summed E-state index contributed by atoms with van der Waals surface area (Å²) >= 11 is 0. The number of benzene rings is 2. The highest BCUT2D eigenvalue weighted by Crippen LogP contribution is 2.47. The van der Waals surface area contributed by atoms with Crippen LogP contribution in [0, 0.1) is 0 Å². The Labute approximate surface area is 137 Å². The van der Waals surface area contributed by atoms with Gasteiger partial charge in [0.15, 0.2) is 0 Å². The normalized spacial score (nSPS) is 16.0. The third-order valence-electron chi connectivity index (χ3n) is 4.29. The van der Waals surface area contributed by atoms with E-state index in [9.17, 15) is 8.42 Å². The highest BCUT2D eigenvalue weighted by Gasteiger charge is 2.44. The molecule has 1 fully saturated rings. The van der Waals surface area contributed by atoms with E-state index in [1.807, 2.05) is 25.1 Å². The lowest BCUT2D eigenvalue weighted by molar-refractivity contribution is 0.340. The van der Waals surface area contributed by atoms with Crippen LogP contribution in [-0.2, 0) is 15.4 Å². The van der Waals surface area contributed by atoms with Gasteiger partial charge in [-0.1, -0.05) is 30.3 Å². The topological polar surface area (TPSA) is 55.4 Å². The van der Waals surface area contributed by atoms with Crippen LogP contribution in [-0.4, -0.2) is 21.6 Å². The molecule has 0 unspecified atom stereocenters. The molecule has 0 aromatic heterocycles. The molecule has 0 aliphatic heterocycles. The predicted molar refractivity (Wildman–Crippen MR) is 90.2 cm³/mol. The smallest absolute Gasteiger partial charge is 0.240 e. The van der Waals surface area contributed by atoms with Crippen LogP contribution in [0.15, 0.2) is 59.5 Å². The lowest BCUT2D eigenvalue weighted by Gasteiger charge is -2.17. The third-order valence-corrected chi connectivity index (χ3v) is 5.70. The summed E-state index contributed by atoms with van der Waals surface area (Å²) in [7, 11) is -3.50. The molecular formula is C18H21NO3S. The first-order chi connectivity index (χ1) is 11.1. The summed E-state index contributed by atoms with van der Waals surface area (Å²) in [5.74, 6) is 0.675. The Kier molecular flexibility index (Phi) is 4.41. The van der Waals surface area contributed by atoms with Crippen molar-refractivity contribution in [1.29, 1.82) is 0 Å². The maximum absolute atomic E-state index is 12.5. The van der Waals surface area contributed by atoms with Crippen molar-refractivity contribution < 1.29 is 13.2 Å². The molecule has 23 heavy (non-hydrogen) atoms. The maximum atomic E-state index is 12.5. The molecule has 0 saturated heterocycles. The largest absolute Gasteiger partial charge is 0.494 e. The SMILES string of the molecule is CCOc1ccc(S(=O)(=O)NCC2(c3ccccc3)CC2)cc1. The van der Waals surface area contributed by atoms with E-state index in [-0.39, 0.29) is 10.3 Å². The first-order valence-electron chi connectivity index (χ1n) is 7.84. The molecule has 1 saturated carbocycles. The van der Waals surface area contributed by atoms with Gasteiger partial charge in [-0.3, -0.25) is 0 Å². The number of hydrogen-bond acceptors (Lipinski definition) is 3. The van der Waals surface area contributed by atoms with Crippen molar-refractivity contribution >= 4 is 10.0 Å². The van der Waals surface area contributed by atoms with Gasteiger partial charge in [0.1, 0.15) is 5.75 Å². The minimum absolute atomic E-state index is 0.0421. The molecule has 1 aliphatic rings. The Balaban J connectivity index is 1.70. The molecule has 122 valence electrons. The minimum Gasteiger partial charge on any atom is -0.494 e. The van der Waals surface area contributed by atoms with Gasteiger partial charge < -0.3 is 4.74 Å². The second-order valence-electron chi connectivity index (χ2n) is 5.88. The fraction of sp³-hybridized carbons (Fsp3) is 0.333. The highest BCUT2D eigenvalue weighted by atomic mass is 32.2. The van der Waals surface area contributed by atoms with Crippen LogP contribution in [0.1, 0.15) is 25.3 Å². The first-order valence-corrected chi connectivity index (χ1v) is 9.32. The summed E-state index contributed by atoms with van der Waals surface area (Å²) in [6.45, 7) is 2.89. The molecule has 0 radical (unpaired) electrons. The van der Waals surface area contributed by atoms with Crippen molar-refractivity contribution in [3.63, 3.8) is 0 Å². The molecule has 4 nitrogen and oxygen atoms in total. The number of sulfonamides is 1. The Hall–Kier alpha value is -1.85. The highest BCUT2D eigenvalue weighted by molar-refractivity contribution is 7.89. The zero-order valence-corrected chi connectivity index (χ0v) is 14.0. The average Bonchev–Trinajstić information content (AvgIpc) is 3.36. The molecule has 1 N–H and O–H groups in total. The number of hydrogen-bond donors (Lipinski definition) is 1. The molecule has 0 atom stereocenters. The predicted octanol–water partition coefficient (Wildman–Crippen LogP) is 3.10. The molecular weight excluding hydrogens is 310 g/mol. The van der Waals surface area contributed by atoms with Crippen molar-refractivity contribution in [3.8, 4) is 5.75 Å². The van der Waals surface area contributed by atoms with E-state index >= 15 is 0 Å². The van der Waals surface area contributed by atoms with Crippen molar-refractivity contribution in [2.45, 2.75) is 30.1 Å². The zero-order valence-electron chi connectivity index (χ0n) is 13.2. The second kappa shape index (κ2) is 6.34. The Bertz CT molecular complexity index is 751. The number of nitrogens with one attached hydrogen (secondary N) is 1. The molecule has 0 heterocycles. The van der Waals surface area contributed by atoms with Gasteiger partial charge in [-0.2, -0.15) is 0 Å². The third kappa shape index (κ3) is 3.57. The molecule has 2 aromatic carbocycles. The van der Waals surface area contributed by atoms with Gasteiger partial charge in [-0.25, -0.2) is 13.1 Å². The fourth-order valence-corrected chi connectivity index (χ4v) is 3.84. The van der Waals surface area contributed by atoms with Crippen LogP contribution in [0.25, 0.3) is 0 Å². The lowest BCUT2D eigenvalue weighted by atomic mass is 9.96. The van der Waals surface area contributed by atoms with E-state index in [0.29, 0.717) is 18.9 Å². The van der Waals surface area contributed by atoms with Crippen LogP contribution in [0.2, 0.25) is 0 Å². The number of ether oxygens (including phenoxy) is 1. The summed E-state index contributed by atoms with van der Waals surface area (Å²) in [5, 5.41) is 0. The van der Waals surface area contributed by atoms with Crippen molar-refractivity contribution in [3.05, 3.63) is 60.2 Å². The van der Waals surface area contributed by atoms with Crippen molar-refractivity contribution in [1.82, 2.24) is 4.72 Å². The van der Waals surface area contributed by atoms with Crippen LogP contribution in [0.5, 0.6) is 5.75 Å².